The van der Waals surface area contributed by atoms with Crippen LogP contribution in [0.25, 0.3) is 0 Å². The van der Waals surface area contributed by atoms with E-state index in [1.165, 1.54) is 14.2 Å². The number of methoxy groups -OCH3 is 1. The van der Waals surface area contributed by atoms with Crippen LogP contribution in [0, 0.1) is 0 Å². The third-order valence-electron chi connectivity index (χ3n) is 2.67. The van der Waals surface area contributed by atoms with E-state index < -0.39 is 16.2 Å². The minimum atomic E-state index is -3.62. The lowest BCUT2D eigenvalue weighted by molar-refractivity contribution is -0.140. The van der Waals surface area contributed by atoms with Crippen LogP contribution in [0.5, 0.6) is 0 Å². The molecule has 1 rings (SSSR count). The van der Waals surface area contributed by atoms with Crippen molar-refractivity contribution >= 4 is 32.1 Å². The Labute approximate surface area is 127 Å². The first-order valence-corrected chi connectivity index (χ1v) is 8.11. The molecule has 112 valence electrons. The molecule has 0 atom stereocenters. The number of esters is 1. The van der Waals surface area contributed by atoms with Crippen LogP contribution < -0.4 is 4.72 Å². The quantitative estimate of drug-likeness (QED) is 0.739. The van der Waals surface area contributed by atoms with Gasteiger partial charge in [0.25, 0.3) is 10.2 Å². The highest BCUT2D eigenvalue weighted by molar-refractivity contribution is 9.10. The lowest BCUT2D eigenvalue weighted by atomic mass is 10.2. The fourth-order valence-corrected chi connectivity index (χ4v) is 2.71. The van der Waals surface area contributed by atoms with Gasteiger partial charge >= 0.3 is 5.97 Å². The maximum atomic E-state index is 12.0. The van der Waals surface area contributed by atoms with Crippen LogP contribution in [0.4, 0.5) is 0 Å². The van der Waals surface area contributed by atoms with Crippen molar-refractivity contribution in [1.82, 2.24) is 9.03 Å². The molecule has 0 spiro atoms. The number of rotatable bonds is 7. The Morgan fingerprint density at radius 2 is 2.05 bits per heavy atom. The van der Waals surface area contributed by atoms with Crippen molar-refractivity contribution in [3.63, 3.8) is 0 Å². The lowest BCUT2D eigenvalue weighted by Gasteiger charge is -2.17. The Morgan fingerprint density at radius 1 is 1.40 bits per heavy atom. The van der Waals surface area contributed by atoms with E-state index in [1.807, 2.05) is 24.3 Å². The summed E-state index contributed by atoms with van der Waals surface area (Å²) in [6, 6.07) is 7.34. The molecule has 0 amide bonds. The van der Waals surface area contributed by atoms with Gasteiger partial charge in [0.05, 0.1) is 13.5 Å². The molecular weight excluding hydrogens is 348 g/mol. The number of carbonyl (C=O) groups excluding carboxylic acids is 1. The highest BCUT2D eigenvalue weighted by Gasteiger charge is 2.18. The normalized spacial score (nSPS) is 11.6. The third kappa shape index (κ3) is 5.20. The van der Waals surface area contributed by atoms with Crippen LogP contribution in [-0.2, 0) is 26.3 Å². The molecule has 1 aromatic carbocycles. The second kappa shape index (κ2) is 7.72. The van der Waals surface area contributed by atoms with Crippen LogP contribution in [0.1, 0.15) is 12.0 Å². The first-order chi connectivity index (χ1) is 9.36. The van der Waals surface area contributed by atoms with Crippen LogP contribution >= 0.6 is 15.9 Å². The zero-order valence-electron chi connectivity index (χ0n) is 11.3. The minimum absolute atomic E-state index is 0.0168. The number of halogens is 1. The predicted molar refractivity (Wildman–Crippen MR) is 79.2 cm³/mol. The highest BCUT2D eigenvalue weighted by Crippen LogP contribution is 2.15. The van der Waals surface area contributed by atoms with Gasteiger partial charge in [-0.15, -0.1) is 0 Å². The molecule has 0 fully saturated rings. The number of hydrogen-bond donors (Lipinski definition) is 1. The number of hydrogen-bond acceptors (Lipinski definition) is 4. The van der Waals surface area contributed by atoms with E-state index in [2.05, 4.69) is 25.4 Å². The van der Waals surface area contributed by atoms with E-state index in [0.717, 1.165) is 14.3 Å². The summed E-state index contributed by atoms with van der Waals surface area (Å²) in [7, 11) is -0.950. The average molecular weight is 365 g/mol. The predicted octanol–water partition coefficient (Wildman–Crippen LogP) is 1.28. The van der Waals surface area contributed by atoms with Gasteiger partial charge in [-0.25, -0.2) is 0 Å². The third-order valence-corrected chi connectivity index (χ3v) is 4.96. The number of carbonyl (C=O) groups is 1. The Balaban J connectivity index is 2.57. The van der Waals surface area contributed by atoms with E-state index in [0.29, 0.717) is 0 Å². The Hall–Kier alpha value is -0.960. The van der Waals surface area contributed by atoms with Crippen LogP contribution in [0.15, 0.2) is 28.7 Å². The van der Waals surface area contributed by atoms with E-state index in [9.17, 15) is 13.2 Å². The first-order valence-electron chi connectivity index (χ1n) is 5.88. The van der Waals surface area contributed by atoms with E-state index >= 15 is 0 Å². The van der Waals surface area contributed by atoms with Crippen molar-refractivity contribution in [2.75, 3.05) is 20.7 Å². The highest BCUT2D eigenvalue weighted by atomic mass is 79.9. The van der Waals surface area contributed by atoms with Gasteiger partial charge in [-0.05, 0) is 11.6 Å². The Morgan fingerprint density at radius 3 is 2.65 bits per heavy atom. The standard InChI is InChI=1S/C12H17BrN2O4S/c1-15(8-7-12(16)19-2)20(17,18)14-9-10-5-3-4-6-11(10)13/h3-6,14H,7-9H2,1-2H3. The molecule has 0 radical (unpaired) electrons. The second-order valence-electron chi connectivity index (χ2n) is 4.07. The topological polar surface area (TPSA) is 75.7 Å². The summed E-state index contributed by atoms with van der Waals surface area (Å²) in [4.78, 5) is 11.0. The summed E-state index contributed by atoms with van der Waals surface area (Å²) >= 11 is 3.35. The summed E-state index contributed by atoms with van der Waals surface area (Å²) < 4.78 is 32.8. The molecule has 0 bridgehead atoms. The first kappa shape index (κ1) is 17.1. The fourth-order valence-electron chi connectivity index (χ4n) is 1.39. The summed E-state index contributed by atoms with van der Waals surface area (Å²) in [6.07, 6.45) is 0.0168. The minimum Gasteiger partial charge on any atom is -0.469 e. The molecule has 0 heterocycles. The van der Waals surface area contributed by atoms with Crippen molar-refractivity contribution in [2.45, 2.75) is 13.0 Å². The molecule has 0 saturated heterocycles. The number of ether oxygens (including phenoxy) is 1. The van der Waals surface area contributed by atoms with E-state index in [4.69, 9.17) is 0 Å². The molecule has 0 saturated carbocycles. The summed E-state index contributed by atoms with van der Waals surface area (Å²) in [5, 5.41) is 0. The molecule has 0 aromatic heterocycles. The largest absolute Gasteiger partial charge is 0.469 e. The van der Waals surface area contributed by atoms with Crippen LogP contribution in [0.2, 0.25) is 0 Å². The van der Waals surface area contributed by atoms with Gasteiger partial charge in [-0.2, -0.15) is 17.4 Å². The Kier molecular flexibility index (Phi) is 6.60. The number of nitrogens with zero attached hydrogens (tertiary/aromatic N) is 1. The number of nitrogens with one attached hydrogen (secondary N) is 1. The summed E-state index contributed by atoms with van der Waals surface area (Å²) in [5.41, 5.74) is 0.831. The van der Waals surface area contributed by atoms with Crippen LogP contribution in [-0.4, -0.2) is 39.4 Å². The molecule has 0 aliphatic carbocycles. The summed E-state index contributed by atoms with van der Waals surface area (Å²) in [6.45, 7) is 0.240. The van der Waals surface area contributed by atoms with Crippen molar-refractivity contribution < 1.29 is 17.9 Å². The molecule has 6 nitrogen and oxygen atoms in total. The molecule has 0 unspecified atom stereocenters. The van der Waals surface area contributed by atoms with Gasteiger partial charge in [0.15, 0.2) is 0 Å². The van der Waals surface area contributed by atoms with Gasteiger partial charge < -0.3 is 4.74 Å². The van der Waals surface area contributed by atoms with Crippen molar-refractivity contribution in [3.8, 4) is 0 Å². The molecule has 1 N–H and O–H groups in total. The van der Waals surface area contributed by atoms with E-state index in [1.54, 1.807) is 0 Å². The lowest BCUT2D eigenvalue weighted by Crippen LogP contribution is -2.39. The zero-order valence-corrected chi connectivity index (χ0v) is 13.7. The van der Waals surface area contributed by atoms with Crippen molar-refractivity contribution in [1.29, 1.82) is 0 Å². The zero-order chi connectivity index (χ0) is 15.2. The van der Waals surface area contributed by atoms with Gasteiger partial charge in [-0.3, -0.25) is 4.79 Å². The summed E-state index contributed by atoms with van der Waals surface area (Å²) in [5.74, 6) is -0.446. The van der Waals surface area contributed by atoms with Gasteiger partial charge in [0, 0.05) is 24.6 Å². The maximum Gasteiger partial charge on any atom is 0.306 e. The van der Waals surface area contributed by atoms with Gasteiger partial charge in [0.2, 0.25) is 0 Å². The van der Waals surface area contributed by atoms with Crippen molar-refractivity contribution in [2.24, 2.45) is 0 Å². The maximum absolute atomic E-state index is 12.0. The van der Waals surface area contributed by atoms with E-state index in [-0.39, 0.29) is 19.5 Å². The molecule has 0 aliphatic heterocycles. The van der Waals surface area contributed by atoms with Gasteiger partial charge in [-0.1, -0.05) is 34.1 Å². The molecule has 0 aliphatic rings. The monoisotopic (exact) mass is 364 g/mol. The molecule has 20 heavy (non-hydrogen) atoms. The van der Waals surface area contributed by atoms with Crippen LogP contribution in [0.3, 0.4) is 0 Å². The molecule has 1 aromatic rings. The SMILES string of the molecule is COC(=O)CCN(C)S(=O)(=O)NCc1ccccc1Br. The molecule has 8 heteroatoms. The average Bonchev–Trinajstić information content (AvgIpc) is 2.43. The molecular formula is C12H17BrN2O4S. The second-order valence-corrected chi connectivity index (χ2v) is 6.78. The smallest absolute Gasteiger partial charge is 0.306 e. The Bertz CT molecular complexity index is 562. The fraction of sp³-hybridized carbons (Fsp3) is 0.417. The number of benzene rings is 1. The van der Waals surface area contributed by atoms with Gasteiger partial charge in [0.1, 0.15) is 0 Å². The van der Waals surface area contributed by atoms with Crippen molar-refractivity contribution in [3.05, 3.63) is 34.3 Å².